The first-order valence-corrected chi connectivity index (χ1v) is 5.06. The molecule has 16 heavy (non-hydrogen) atoms. The van der Waals surface area contributed by atoms with Crippen molar-refractivity contribution in [3.8, 4) is 0 Å². The number of nitrogens with one attached hydrogen (secondary N) is 1. The standard InChI is InChI=1S/C11H13N5/c12-10-7-13-8-11(16-10)15-6-4-9-3-1-2-5-14-9/h1-3,5,7-8H,4,6H2,(H3,12,15,16). The van der Waals surface area contributed by atoms with Gasteiger partial charge in [0.05, 0.1) is 12.4 Å². The third-order valence-electron chi connectivity index (χ3n) is 2.07. The number of nitrogen functional groups attached to an aromatic ring is 1. The van der Waals surface area contributed by atoms with Crippen LogP contribution in [0.4, 0.5) is 11.6 Å². The lowest BCUT2D eigenvalue weighted by atomic mass is 10.3. The second kappa shape index (κ2) is 5.06. The Morgan fingerprint density at radius 2 is 2.19 bits per heavy atom. The van der Waals surface area contributed by atoms with Crippen LogP contribution in [0.15, 0.2) is 36.8 Å². The predicted molar refractivity (Wildman–Crippen MR) is 62.9 cm³/mol. The van der Waals surface area contributed by atoms with E-state index in [0.29, 0.717) is 11.6 Å². The molecule has 0 saturated heterocycles. The molecule has 0 fully saturated rings. The van der Waals surface area contributed by atoms with E-state index in [2.05, 4.69) is 20.3 Å². The number of nitrogens with zero attached hydrogens (tertiary/aromatic N) is 3. The maximum Gasteiger partial charge on any atom is 0.146 e. The molecule has 0 aliphatic carbocycles. The van der Waals surface area contributed by atoms with E-state index in [1.54, 1.807) is 12.4 Å². The summed E-state index contributed by atoms with van der Waals surface area (Å²) < 4.78 is 0. The molecule has 82 valence electrons. The van der Waals surface area contributed by atoms with E-state index in [1.165, 1.54) is 6.20 Å². The quantitative estimate of drug-likeness (QED) is 0.798. The second-order valence-electron chi connectivity index (χ2n) is 3.33. The highest BCUT2D eigenvalue weighted by Crippen LogP contribution is 2.03. The van der Waals surface area contributed by atoms with E-state index >= 15 is 0 Å². The zero-order chi connectivity index (χ0) is 11.2. The van der Waals surface area contributed by atoms with Gasteiger partial charge in [-0.3, -0.25) is 9.97 Å². The summed E-state index contributed by atoms with van der Waals surface area (Å²) in [6.07, 6.45) is 5.80. The van der Waals surface area contributed by atoms with E-state index in [0.717, 1.165) is 18.7 Å². The Morgan fingerprint density at radius 1 is 1.25 bits per heavy atom. The average Bonchev–Trinajstić information content (AvgIpc) is 2.30. The van der Waals surface area contributed by atoms with Gasteiger partial charge in [-0.25, -0.2) is 4.98 Å². The summed E-state index contributed by atoms with van der Waals surface area (Å²) in [6.45, 7) is 0.759. The maximum atomic E-state index is 5.52. The van der Waals surface area contributed by atoms with Crippen molar-refractivity contribution >= 4 is 11.6 Å². The lowest BCUT2D eigenvalue weighted by Crippen LogP contribution is -2.08. The molecule has 0 unspecified atom stereocenters. The zero-order valence-electron chi connectivity index (χ0n) is 8.80. The Hall–Kier alpha value is -2.17. The lowest BCUT2D eigenvalue weighted by molar-refractivity contribution is 0.951. The van der Waals surface area contributed by atoms with Crippen molar-refractivity contribution in [1.29, 1.82) is 0 Å². The molecule has 0 spiro atoms. The fourth-order valence-electron chi connectivity index (χ4n) is 1.33. The first kappa shape index (κ1) is 10.4. The predicted octanol–water partition coefficient (Wildman–Crippen LogP) is 1.11. The number of aromatic nitrogens is 3. The Labute approximate surface area is 93.8 Å². The van der Waals surface area contributed by atoms with E-state index in [4.69, 9.17) is 5.73 Å². The van der Waals surface area contributed by atoms with Crippen LogP contribution in [0, 0.1) is 0 Å². The van der Waals surface area contributed by atoms with Crippen LogP contribution in [0.25, 0.3) is 0 Å². The molecule has 0 amide bonds. The van der Waals surface area contributed by atoms with Gasteiger partial charge in [0.1, 0.15) is 11.6 Å². The summed E-state index contributed by atoms with van der Waals surface area (Å²) in [5, 5.41) is 3.14. The number of nitrogens with two attached hydrogens (primary N) is 1. The van der Waals surface area contributed by atoms with Gasteiger partial charge in [-0.1, -0.05) is 6.07 Å². The summed E-state index contributed by atoms with van der Waals surface area (Å²) in [6, 6.07) is 5.87. The van der Waals surface area contributed by atoms with Gasteiger partial charge in [-0.05, 0) is 12.1 Å². The van der Waals surface area contributed by atoms with Crippen molar-refractivity contribution in [3.05, 3.63) is 42.5 Å². The summed E-state index contributed by atoms with van der Waals surface area (Å²) in [5.41, 5.74) is 6.56. The zero-order valence-corrected chi connectivity index (χ0v) is 8.80. The van der Waals surface area contributed by atoms with Crippen molar-refractivity contribution in [3.63, 3.8) is 0 Å². The number of hydrogen-bond donors (Lipinski definition) is 2. The van der Waals surface area contributed by atoms with E-state index in [9.17, 15) is 0 Å². The van der Waals surface area contributed by atoms with Crippen LogP contribution < -0.4 is 11.1 Å². The van der Waals surface area contributed by atoms with Gasteiger partial charge in [0.2, 0.25) is 0 Å². The normalized spacial score (nSPS) is 10.0. The van der Waals surface area contributed by atoms with Gasteiger partial charge in [-0.15, -0.1) is 0 Å². The Bertz CT molecular complexity index is 443. The molecule has 0 aromatic carbocycles. The lowest BCUT2D eigenvalue weighted by Gasteiger charge is -2.04. The van der Waals surface area contributed by atoms with Crippen molar-refractivity contribution in [2.24, 2.45) is 0 Å². The summed E-state index contributed by atoms with van der Waals surface area (Å²) in [5.74, 6) is 1.11. The molecule has 0 saturated carbocycles. The van der Waals surface area contributed by atoms with Gasteiger partial charge < -0.3 is 11.1 Å². The third-order valence-corrected chi connectivity index (χ3v) is 2.07. The fourth-order valence-corrected chi connectivity index (χ4v) is 1.33. The first-order chi connectivity index (χ1) is 7.84. The molecule has 2 rings (SSSR count). The largest absolute Gasteiger partial charge is 0.382 e. The van der Waals surface area contributed by atoms with Crippen LogP contribution in [-0.2, 0) is 6.42 Å². The topological polar surface area (TPSA) is 76.7 Å². The van der Waals surface area contributed by atoms with Crippen molar-refractivity contribution in [1.82, 2.24) is 15.0 Å². The van der Waals surface area contributed by atoms with Crippen LogP contribution in [0.5, 0.6) is 0 Å². The molecule has 0 radical (unpaired) electrons. The first-order valence-electron chi connectivity index (χ1n) is 5.06. The van der Waals surface area contributed by atoms with Crippen LogP contribution in [-0.4, -0.2) is 21.5 Å². The maximum absolute atomic E-state index is 5.52. The summed E-state index contributed by atoms with van der Waals surface area (Å²) >= 11 is 0. The molecule has 2 aromatic rings. The molecular formula is C11H13N5. The Balaban J connectivity index is 1.85. The van der Waals surface area contributed by atoms with Crippen molar-refractivity contribution < 1.29 is 0 Å². The van der Waals surface area contributed by atoms with E-state index in [-0.39, 0.29) is 0 Å². The summed E-state index contributed by atoms with van der Waals surface area (Å²) in [7, 11) is 0. The molecule has 5 heteroatoms. The molecule has 3 N–H and O–H groups in total. The van der Waals surface area contributed by atoms with Crippen LogP contribution in [0.2, 0.25) is 0 Å². The Morgan fingerprint density at radius 3 is 2.94 bits per heavy atom. The second-order valence-corrected chi connectivity index (χ2v) is 3.33. The highest BCUT2D eigenvalue weighted by atomic mass is 15.0. The monoisotopic (exact) mass is 215 g/mol. The van der Waals surface area contributed by atoms with Crippen LogP contribution in [0.1, 0.15) is 5.69 Å². The van der Waals surface area contributed by atoms with E-state index in [1.807, 2.05) is 18.2 Å². The van der Waals surface area contributed by atoms with Crippen LogP contribution >= 0.6 is 0 Å². The number of rotatable bonds is 4. The molecule has 2 aromatic heterocycles. The smallest absolute Gasteiger partial charge is 0.146 e. The van der Waals surface area contributed by atoms with Crippen molar-refractivity contribution in [2.45, 2.75) is 6.42 Å². The highest BCUT2D eigenvalue weighted by Gasteiger charge is 1.96. The van der Waals surface area contributed by atoms with E-state index < -0.39 is 0 Å². The van der Waals surface area contributed by atoms with Gasteiger partial charge in [0, 0.05) is 24.9 Å². The van der Waals surface area contributed by atoms with Crippen molar-refractivity contribution in [2.75, 3.05) is 17.6 Å². The molecule has 5 nitrogen and oxygen atoms in total. The molecule has 0 aliphatic heterocycles. The molecule has 0 aliphatic rings. The third kappa shape index (κ3) is 2.91. The molecule has 0 bridgehead atoms. The molecule has 2 heterocycles. The van der Waals surface area contributed by atoms with Gasteiger partial charge in [-0.2, -0.15) is 0 Å². The number of anilines is 2. The molecular weight excluding hydrogens is 202 g/mol. The van der Waals surface area contributed by atoms with Gasteiger partial charge in [0.25, 0.3) is 0 Å². The fraction of sp³-hybridized carbons (Fsp3) is 0.182. The minimum absolute atomic E-state index is 0.419. The van der Waals surface area contributed by atoms with Gasteiger partial charge in [0.15, 0.2) is 0 Å². The number of hydrogen-bond acceptors (Lipinski definition) is 5. The minimum Gasteiger partial charge on any atom is -0.382 e. The average molecular weight is 215 g/mol. The van der Waals surface area contributed by atoms with Gasteiger partial charge >= 0.3 is 0 Å². The van der Waals surface area contributed by atoms with Crippen LogP contribution in [0.3, 0.4) is 0 Å². The summed E-state index contributed by atoms with van der Waals surface area (Å²) in [4.78, 5) is 12.3. The molecule has 0 atom stereocenters. The number of pyridine rings is 1. The minimum atomic E-state index is 0.419. The SMILES string of the molecule is Nc1cncc(NCCc2ccccn2)n1. The Kier molecular flexibility index (Phi) is 3.28. The highest BCUT2D eigenvalue weighted by molar-refractivity contribution is 5.38.